The van der Waals surface area contributed by atoms with E-state index < -0.39 is 0 Å². The summed E-state index contributed by atoms with van der Waals surface area (Å²) in [6.45, 7) is 2.64. The molecule has 3 rings (SSSR count). The molecule has 0 radical (unpaired) electrons. The van der Waals surface area contributed by atoms with Gasteiger partial charge in [0, 0.05) is 31.9 Å². The first-order chi connectivity index (χ1) is 13.7. The van der Waals surface area contributed by atoms with Crippen molar-refractivity contribution in [3.05, 3.63) is 54.6 Å². The first-order valence-electron chi connectivity index (χ1n) is 9.27. The molecular formula is C21H25N3O4. The van der Waals surface area contributed by atoms with Gasteiger partial charge in [0.2, 0.25) is 5.91 Å². The van der Waals surface area contributed by atoms with E-state index in [2.05, 4.69) is 22.3 Å². The maximum atomic E-state index is 12.4. The van der Waals surface area contributed by atoms with Crippen molar-refractivity contribution < 1.29 is 19.1 Å². The van der Waals surface area contributed by atoms with Crippen LogP contribution >= 0.6 is 0 Å². The maximum Gasteiger partial charge on any atom is 0.258 e. The molecule has 2 aromatic carbocycles. The normalized spacial score (nSPS) is 13.8. The van der Waals surface area contributed by atoms with Crippen LogP contribution in [-0.4, -0.2) is 63.2 Å². The maximum absolute atomic E-state index is 12.4. The average Bonchev–Trinajstić information content (AvgIpc) is 2.77. The molecule has 1 aliphatic heterocycles. The number of rotatable bonds is 7. The van der Waals surface area contributed by atoms with Gasteiger partial charge >= 0.3 is 0 Å². The quantitative estimate of drug-likeness (QED) is 0.785. The van der Waals surface area contributed by atoms with E-state index in [9.17, 15) is 9.59 Å². The van der Waals surface area contributed by atoms with Crippen LogP contribution in [0.25, 0.3) is 0 Å². The van der Waals surface area contributed by atoms with Gasteiger partial charge in [-0.2, -0.15) is 0 Å². The number of ether oxygens (including phenoxy) is 2. The Kier molecular flexibility index (Phi) is 6.73. The number of carbonyl (C=O) groups excluding carboxylic acids is 2. The third-order valence-corrected chi connectivity index (χ3v) is 4.62. The molecule has 1 aliphatic rings. The Balaban J connectivity index is 1.39. The predicted octanol–water partition coefficient (Wildman–Crippen LogP) is 1.54. The molecule has 7 nitrogen and oxygen atoms in total. The van der Waals surface area contributed by atoms with Crippen LogP contribution in [0.1, 0.15) is 0 Å². The number of piperazine rings is 1. The number of para-hydroxylation sites is 3. The van der Waals surface area contributed by atoms with Crippen molar-refractivity contribution in [2.75, 3.05) is 51.3 Å². The summed E-state index contributed by atoms with van der Waals surface area (Å²) < 4.78 is 10.6. The molecule has 28 heavy (non-hydrogen) atoms. The zero-order valence-corrected chi connectivity index (χ0v) is 16.0. The zero-order valence-electron chi connectivity index (χ0n) is 16.0. The third-order valence-electron chi connectivity index (χ3n) is 4.62. The van der Waals surface area contributed by atoms with Crippen molar-refractivity contribution in [2.24, 2.45) is 0 Å². The molecule has 0 spiro atoms. The molecule has 0 aliphatic carbocycles. The SMILES string of the molecule is COc1ccccc1OCC(=O)NCC(=O)N1CCN(c2ccccc2)CC1. The molecule has 0 atom stereocenters. The lowest BCUT2D eigenvalue weighted by Crippen LogP contribution is -2.51. The van der Waals surface area contributed by atoms with E-state index in [-0.39, 0.29) is 25.0 Å². The van der Waals surface area contributed by atoms with E-state index >= 15 is 0 Å². The van der Waals surface area contributed by atoms with Crippen molar-refractivity contribution in [3.8, 4) is 11.5 Å². The first-order valence-corrected chi connectivity index (χ1v) is 9.27. The molecule has 148 valence electrons. The molecule has 1 N–H and O–H groups in total. The zero-order chi connectivity index (χ0) is 19.8. The van der Waals surface area contributed by atoms with Crippen molar-refractivity contribution in [2.45, 2.75) is 0 Å². The monoisotopic (exact) mass is 383 g/mol. The molecule has 1 saturated heterocycles. The topological polar surface area (TPSA) is 71.1 Å². The predicted molar refractivity (Wildman–Crippen MR) is 107 cm³/mol. The molecular weight excluding hydrogens is 358 g/mol. The van der Waals surface area contributed by atoms with Crippen LogP contribution in [-0.2, 0) is 9.59 Å². The van der Waals surface area contributed by atoms with Gasteiger partial charge in [-0.15, -0.1) is 0 Å². The number of carbonyl (C=O) groups is 2. The number of methoxy groups -OCH3 is 1. The number of benzene rings is 2. The second kappa shape index (κ2) is 9.64. The minimum Gasteiger partial charge on any atom is -0.493 e. The van der Waals surface area contributed by atoms with Gasteiger partial charge in [-0.1, -0.05) is 30.3 Å². The van der Waals surface area contributed by atoms with Gasteiger partial charge in [-0.3, -0.25) is 9.59 Å². The van der Waals surface area contributed by atoms with Gasteiger partial charge < -0.3 is 24.6 Å². The van der Waals surface area contributed by atoms with Crippen LogP contribution in [0.15, 0.2) is 54.6 Å². The van der Waals surface area contributed by atoms with E-state index in [4.69, 9.17) is 9.47 Å². The van der Waals surface area contributed by atoms with E-state index in [1.165, 1.54) is 0 Å². The molecule has 0 bridgehead atoms. The summed E-state index contributed by atoms with van der Waals surface area (Å²) in [6.07, 6.45) is 0. The Hall–Kier alpha value is -3.22. The molecule has 1 fully saturated rings. The Morgan fingerprint density at radius 2 is 1.57 bits per heavy atom. The second-order valence-electron chi connectivity index (χ2n) is 6.42. The minimum absolute atomic E-state index is 0.0283. The van der Waals surface area contributed by atoms with Crippen LogP contribution in [0.5, 0.6) is 11.5 Å². The highest BCUT2D eigenvalue weighted by atomic mass is 16.5. The number of nitrogens with zero attached hydrogens (tertiary/aromatic N) is 2. The van der Waals surface area contributed by atoms with Crippen LogP contribution in [0, 0.1) is 0 Å². The summed E-state index contributed by atoms with van der Waals surface area (Å²) in [5, 5.41) is 2.62. The first kappa shape index (κ1) is 19.5. The fraction of sp³-hybridized carbons (Fsp3) is 0.333. The van der Waals surface area contributed by atoms with Crippen molar-refractivity contribution >= 4 is 17.5 Å². The lowest BCUT2D eigenvalue weighted by Gasteiger charge is -2.36. The Morgan fingerprint density at radius 3 is 2.25 bits per heavy atom. The van der Waals surface area contributed by atoms with Crippen molar-refractivity contribution in [1.82, 2.24) is 10.2 Å². The lowest BCUT2D eigenvalue weighted by atomic mass is 10.2. The number of amides is 2. The molecule has 0 aromatic heterocycles. The van der Waals surface area contributed by atoms with E-state index in [0.717, 1.165) is 18.8 Å². The van der Waals surface area contributed by atoms with Gasteiger partial charge in [0.15, 0.2) is 18.1 Å². The largest absolute Gasteiger partial charge is 0.493 e. The lowest BCUT2D eigenvalue weighted by molar-refractivity contribution is -0.133. The summed E-state index contributed by atoms with van der Waals surface area (Å²) in [6, 6.07) is 17.2. The van der Waals surface area contributed by atoms with E-state index in [0.29, 0.717) is 24.6 Å². The van der Waals surface area contributed by atoms with Gasteiger partial charge in [0.1, 0.15) is 0 Å². The van der Waals surface area contributed by atoms with Crippen molar-refractivity contribution in [3.63, 3.8) is 0 Å². The molecule has 2 aromatic rings. The van der Waals surface area contributed by atoms with Gasteiger partial charge in [-0.05, 0) is 24.3 Å². The van der Waals surface area contributed by atoms with Gasteiger partial charge in [0.25, 0.3) is 5.91 Å². The summed E-state index contributed by atoms with van der Waals surface area (Å²) in [5.41, 5.74) is 1.16. The van der Waals surface area contributed by atoms with Crippen LogP contribution < -0.4 is 19.7 Å². The average molecular weight is 383 g/mol. The molecule has 0 saturated carbocycles. The van der Waals surface area contributed by atoms with E-state index in [1.807, 2.05) is 24.3 Å². The Morgan fingerprint density at radius 1 is 0.929 bits per heavy atom. The van der Waals surface area contributed by atoms with Crippen LogP contribution in [0.3, 0.4) is 0 Å². The van der Waals surface area contributed by atoms with Gasteiger partial charge in [-0.25, -0.2) is 0 Å². The summed E-state index contributed by atoms with van der Waals surface area (Å²) >= 11 is 0. The smallest absolute Gasteiger partial charge is 0.258 e. The van der Waals surface area contributed by atoms with Crippen molar-refractivity contribution in [1.29, 1.82) is 0 Å². The standard InChI is InChI=1S/C21H25N3O4/c1-27-18-9-5-6-10-19(18)28-16-20(25)22-15-21(26)24-13-11-23(12-14-24)17-7-3-2-4-8-17/h2-10H,11-16H2,1H3,(H,22,25). The second-order valence-corrected chi connectivity index (χ2v) is 6.42. The Labute approximate surface area is 164 Å². The molecule has 1 heterocycles. The van der Waals surface area contributed by atoms with E-state index in [1.54, 1.807) is 30.2 Å². The number of hydrogen-bond acceptors (Lipinski definition) is 5. The highest BCUT2D eigenvalue weighted by Gasteiger charge is 2.21. The fourth-order valence-corrected chi connectivity index (χ4v) is 3.07. The molecule has 0 unspecified atom stereocenters. The minimum atomic E-state index is -0.345. The third kappa shape index (κ3) is 5.16. The van der Waals surface area contributed by atoms with Gasteiger partial charge in [0.05, 0.1) is 13.7 Å². The van der Waals surface area contributed by atoms with Crippen LogP contribution in [0.2, 0.25) is 0 Å². The highest BCUT2D eigenvalue weighted by molar-refractivity contribution is 5.85. The summed E-state index contributed by atoms with van der Waals surface area (Å²) in [7, 11) is 1.54. The summed E-state index contributed by atoms with van der Waals surface area (Å²) in [5.74, 6) is 0.617. The number of hydrogen-bond donors (Lipinski definition) is 1. The number of nitrogens with one attached hydrogen (secondary N) is 1. The highest BCUT2D eigenvalue weighted by Crippen LogP contribution is 2.25. The summed E-state index contributed by atoms with van der Waals surface area (Å²) in [4.78, 5) is 28.4. The Bertz CT molecular complexity index is 789. The molecule has 2 amide bonds. The van der Waals surface area contributed by atoms with Crippen LogP contribution in [0.4, 0.5) is 5.69 Å². The fourth-order valence-electron chi connectivity index (χ4n) is 3.07. The number of anilines is 1. The molecule has 7 heteroatoms.